The minimum Gasteiger partial charge on any atom is -0.462 e. The molecule has 348 valence electrons. The summed E-state index contributed by atoms with van der Waals surface area (Å²) in [6.07, 6.45) is 5.09. The first kappa shape index (κ1) is 47.2. The van der Waals surface area contributed by atoms with Crippen LogP contribution >= 0.6 is 22.9 Å². The molecule has 14 heteroatoms. The van der Waals surface area contributed by atoms with E-state index in [1.54, 1.807) is 32.7 Å². The van der Waals surface area contributed by atoms with E-state index >= 15 is 4.79 Å². The van der Waals surface area contributed by atoms with E-state index in [9.17, 15) is 9.90 Å². The number of ketones is 1. The lowest BCUT2D eigenvalue weighted by Gasteiger charge is -2.40. The average molecular weight is 914 g/mol. The maximum atomic E-state index is 15.2. The highest BCUT2D eigenvalue weighted by Crippen LogP contribution is 2.63. The van der Waals surface area contributed by atoms with Gasteiger partial charge in [0.1, 0.15) is 22.8 Å². The van der Waals surface area contributed by atoms with Crippen LogP contribution in [0.2, 0.25) is 5.02 Å². The van der Waals surface area contributed by atoms with Crippen LogP contribution < -0.4 is 0 Å². The van der Waals surface area contributed by atoms with Crippen molar-refractivity contribution in [2.75, 3.05) is 35.4 Å². The van der Waals surface area contributed by atoms with Crippen molar-refractivity contribution in [3.05, 3.63) is 51.5 Å². The number of benzene rings is 1. The van der Waals surface area contributed by atoms with Crippen LogP contribution in [-0.2, 0) is 42.7 Å². The lowest BCUT2D eigenvalue weighted by atomic mass is 9.67. The fourth-order valence-corrected chi connectivity index (χ4v) is 14.2. The topological polar surface area (TPSA) is 135 Å². The molecule has 4 unspecified atom stereocenters. The van der Waals surface area contributed by atoms with Crippen LogP contribution in [0.4, 0.5) is 0 Å². The van der Waals surface area contributed by atoms with Crippen LogP contribution in [-0.4, -0.2) is 123 Å². The molecule has 1 aromatic heterocycles. The average Bonchev–Trinajstić information content (AvgIpc) is 4.04. The Hall–Kier alpha value is -2.30. The molecule has 1 N–H and O–H groups in total. The molecule has 0 amide bonds. The molecule has 6 aliphatic rings. The predicted octanol–water partition coefficient (Wildman–Crippen LogP) is 8.33. The first-order chi connectivity index (χ1) is 30.2. The summed E-state index contributed by atoms with van der Waals surface area (Å²) in [5.41, 5.74) is 1.36. The maximum absolute atomic E-state index is 15.2. The molecule has 4 fully saturated rings. The SMILES string of the molecule is CC[C@H]1CCC[C@H](O[C@H]2CC[C@H](N(C)C)C(C)O2)[C@@H](C)C(=O)C2=C[C@H]3[C@@H]4C[C@H](O[C@H](O)C5(OC)CC(C)[C@H](OC)C5OC)C[C@H]4c4nc(-c5ccccc5Cl)sc4[C@H]3[C@@H]2CC(=O)O1. The van der Waals surface area contributed by atoms with Crippen LogP contribution in [0, 0.1) is 29.6 Å². The number of likely N-dealkylation sites (N-methyl/N-ethyl adjacent to an activating group) is 1. The van der Waals surface area contributed by atoms with Crippen molar-refractivity contribution in [2.45, 2.75) is 165 Å². The number of fused-ring (bicyclic) bond motifs is 8. The molecular weight excluding hydrogens is 844 g/mol. The zero-order valence-corrected chi connectivity index (χ0v) is 40.1. The Bertz CT molecular complexity index is 1980. The number of nitrogens with zero attached hydrogens (tertiary/aromatic N) is 2. The molecule has 2 saturated heterocycles. The van der Waals surface area contributed by atoms with Gasteiger partial charge in [0.15, 0.2) is 18.4 Å². The molecule has 63 heavy (non-hydrogen) atoms. The van der Waals surface area contributed by atoms with E-state index in [-0.39, 0.29) is 78.3 Å². The normalized spacial score (nSPS) is 40.0. The molecule has 4 aliphatic carbocycles. The van der Waals surface area contributed by atoms with Crippen molar-refractivity contribution >= 4 is 34.7 Å². The Morgan fingerprint density at radius 2 is 1.81 bits per heavy atom. The number of ether oxygens (including phenoxy) is 7. The Balaban J connectivity index is 1.15. The van der Waals surface area contributed by atoms with Crippen LogP contribution in [0.15, 0.2) is 35.9 Å². The van der Waals surface area contributed by atoms with Crippen molar-refractivity contribution in [2.24, 2.45) is 29.6 Å². The number of hydrogen-bond donors (Lipinski definition) is 1. The fraction of sp³-hybridized carbons (Fsp3) is 0.735. The molecule has 17 atom stereocenters. The Labute approximate surface area is 382 Å². The van der Waals surface area contributed by atoms with Gasteiger partial charge in [-0.25, -0.2) is 4.98 Å². The smallest absolute Gasteiger partial charge is 0.306 e. The standard InChI is InChI=1S/C49H69ClN2O10S/c1-10-28-14-13-17-38(62-40-19-18-37(52(5)6)27(4)59-40)26(3)43(54)35-22-32-31-20-29(61-48(55)49(58-9)24-25(2)44(56-7)46(49)57-8)21-34(31)42-45(41(32)33(35)23-39(53)60-28)63-47(51-42)30-15-11-12-16-36(30)50/h11-12,15-16,22,25-29,31-34,37-38,40-41,44,46,48,55H,10,13-14,17-21,23-24H2,1-9H3/t25?,26-,27?,28+,29+,31+,32+,33-,34-,37+,38+,40+,41-,44+,46?,48+,49?/m1/s1. The molecule has 0 bridgehead atoms. The number of carbonyl (C=O) groups excluding carboxylic acids is 2. The molecule has 2 aliphatic heterocycles. The van der Waals surface area contributed by atoms with E-state index in [1.165, 1.54) is 0 Å². The van der Waals surface area contributed by atoms with E-state index in [0.717, 1.165) is 40.4 Å². The zero-order chi connectivity index (χ0) is 44.9. The summed E-state index contributed by atoms with van der Waals surface area (Å²) >= 11 is 8.44. The van der Waals surface area contributed by atoms with Gasteiger partial charge in [0.2, 0.25) is 0 Å². The molecule has 2 saturated carbocycles. The predicted molar refractivity (Wildman–Crippen MR) is 241 cm³/mol. The maximum Gasteiger partial charge on any atom is 0.306 e. The van der Waals surface area contributed by atoms with Gasteiger partial charge in [0.05, 0.1) is 41.6 Å². The molecule has 12 nitrogen and oxygen atoms in total. The second kappa shape index (κ2) is 19.5. The number of halogens is 1. The molecule has 0 radical (unpaired) electrons. The largest absolute Gasteiger partial charge is 0.462 e. The van der Waals surface area contributed by atoms with E-state index in [1.807, 2.05) is 31.2 Å². The number of methoxy groups -OCH3 is 3. The number of aliphatic hydroxyl groups excluding tert-OH is 1. The number of aliphatic hydroxyl groups is 1. The van der Waals surface area contributed by atoms with Gasteiger partial charge in [-0.3, -0.25) is 9.59 Å². The highest BCUT2D eigenvalue weighted by Gasteiger charge is 2.61. The Morgan fingerprint density at radius 3 is 2.49 bits per heavy atom. The summed E-state index contributed by atoms with van der Waals surface area (Å²) in [6.45, 7) is 8.23. The second-order valence-corrected chi connectivity index (χ2v) is 20.9. The number of Topliss-reactive ketones (excluding diaryl/α,β-unsaturated/α-hetero) is 1. The molecule has 3 heterocycles. The first-order valence-corrected chi connectivity index (χ1v) is 24.5. The number of cyclic esters (lactones) is 1. The lowest BCUT2D eigenvalue weighted by Crippen LogP contribution is -2.55. The summed E-state index contributed by atoms with van der Waals surface area (Å²) in [6, 6.07) is 8.04. The molecule has 0 spiro atoms. The van der Waals surface area contributed by atoms with Crippen LogP contribution in [0.3, 0.4) is 0 Å². The summed E-state index contributed by atoms with van der Waals surface area (Å²) in [4.78, 5) is 38.0. The number of aromatic nitrogens is 1. The third-order valence-electron chi connectivity index (χ3n) is 15.8. The van der Waals surface area contributed by atoms with Gasteiger partial charge in [-0.2, -0.15) is 0 Å². The highest BCUT2D eigenvalue weighted by atomic mass is 35.5. The van der Waals surface area contributed by atoms with Gasteiger partial charge in [-0.05, 0) is 108 Å². The summed E-state index contributed by atoms with van der Waals surface area (Å²) in [5.74, 6) is -1.35. The molecule has 8 rings (SSSR count). The minimum atomic E-state index is -1.29. The van der Waals surface area contributed by atoms with Crippen molar-refractivity contribution in [1.82, 2.24) is 9.88 Å². The van der Waals surface area contributed by atoms with Crippen molar-refractivity contribution in [3.63, 3.8) is 0 Å². The van der Waals surface area contributed by atoms with Crippen molar-refractivity contribution < 1.29 is 47.9 Å². The summed E-state index contributed by atoms with van der Waals surface area (Å²) in [7, 11) is 9.03. The van der Waals surface area contributed by atoms with Gasteiger partial charge in [0.25, 0.3) is 0 Å². The van der Waals surface area contributed by atoms with Gasteiger partial charge >= 0.3 is 5.97 Å². The van der Waals surface area contributed by atoms with E-state index < -0.39 is 36.1 Å². The van der Waals surface area contributed by atoms with Gasteiger partial charge in [-0.1, -0.05) is 56.6 Å². The van der Waals surface area contributed by atoms with Gasteiger partial charge in [0, 0.05) is 61.5 Å². The van der Waals surface area contributed by atoms with E-state index in [2.05, 4.69) is 45.8 Å². The lowest BCUT2D eigenvalue weighted by molar-refractivity contribution is -0.271. The Kier molecular flexibility index (Phi) is 14.6. The number of esters is 1. The summed E-state index contributed by atoms with van der Waals surface area (Å²) < 4.78 is 44.1. The van der Waals surface area contributed by atoms with Crippen molar-refractivity contribution in [3.8, 4) is 10.6 Å². The second-order valence-electron chi connectivity index (χ2n) is 19.5. The first-order valence-electron chi connectivity index (χ1n) is 23.4. The number of carbonyl (C=O) groups is 2. The van der Waals surface area contributed by atoms with Gasteiger partial charge in [-0.15, -0.1) is 11.3 Å². The summed E-state index contributed by atoms with van der Waals surface area (Å²) in [5, 5.41) is 13.4. The fourth-order valence-electron chi connectivity index (χ4n) is 12.5. The van der Waals surface area contributed by atoms with Crippen LogP contribution in [0.25, 0.3) is 10.6 Å². The van der Waals surface area contributed by atoms with Crippen molar-refractivity contribution in [1.29, 1.82) is 0 Å². The molecule has 2 aromatic rings. The zero-order valence-electron chi connectivity index (χ0n) is 38.5. The monoisotopic (exact) mass is 912 g/mol. The van der Waals surface area contributed by atoms with Gasteiger partial charge < -0.3 is 43.2 Å². The highest BCUT2D eigenvalue weighted by molar-refractivity contribution is 7.15. The van der Waals surface area contributed by atoms with E-state index in [4.69, 9.17) is 49.7 Å². The number of allylic oxidation sites excluding steroid dienone is 2. The number of rotatable bonds is 11. The third-order valence-corrected chi connectivity index (χ3v) is 17.3. The molecular formula is C49H69ClN2O10S. The quantitative estimate of drug-likeness (QED) is 0.172. The van der Waals surface area contributed by atoms with Crippen LogP contribution in [0.5, 0.6) is 0 Å². The number of thiazole rings is 1. The third kappa shape index (κ3) is 8.87. The van der Waals surface area contributed by atoms with E-state index in [0.29, 0.717) is 55.2 Å². The van der Waals surface area contributed by atoms with Crippen LogP contribution in [0.1, 0.15) is 114 Å². The molecule has 1 aromatic carbocycles. The minimum absolute atomic E-state index is 0.00657. The Morgan fingerprint density at radius 1 is 1.03 bits per heavy atom. The number of hydrogen-bond acceptors (Lipinski definition) is 13.